The standard InChI is InChI=1S/C33H41NO6/c1-19-11-12-26-31(2,3)27(36)13-14-32(26,4)33(19)17-22-25(35)16-21-23(28(22)40-33)18-34(29(21)37)24(30(38)39-5)15-20-9-7-6-8-10-20/h6-10,16,19,24,26-27,35-36H,11-15,17-18H2,1-5H3/t19-,24?,26+,27-,32+,33-/m1/s1. The summed E-state index contributed by atoms with van der Waals surface area (Å²) in [6, 6.07) is 10.4. The Balaban J connectivity index is 1.39. The number of hydrogen-bond acceptors (Lipinski definition) is 6. The maximum Gasteiger partial charge on any atom is 0.328 e. The summed E-state index contributed by atoms with van der Waals surface area (Å²) in [5.41, 5.74) is 1.80. The number of rotatable bonds is 4. The Labute approximate surface area is 236 Å². The van der Waals surface area contributed by atoms with Crippen LogP contribution in [0, 0.1) is 22.7 Å². The van der Waals surface area contributed by atoms with E-state index in [0.29, 0.717) is 30.6 Å². The molecule has 40 heavy (non-hydrogen) atoms. The molecule has 2 aliphatic heterocycles. The van der Waals surface area contributed by atoms with E-state index in [-0.39, 0.29) is 47.0 Å². The van der Waals surface area contributed by atoms with Gasteiger partial charge in [0.25, 0.3) is 5.91 Å². The number of aromatic hydroxyl groups is 1. The third-order valence-electron chi connectivity index (χ3n) is 11.2. The first-order valence-corrected chi connectivity index (χ1v) is 14.6. The van der Waals surface area contributed by atoms with Crippen molar-refractivity contribution in [1.82, 2.24) is 4.90 Å². The third-order valence-corrected chi connectivity index (χ3v) is 11.2. The van der Waals surface area contributed by atoms with Gasteiger partial charge in [0.1, 0.15) is 23.1 Å². The first kappa shape index (κ1) is 27.1. The van der Waals surface area contributed by atoms with Crippen molar-refractivity contribution in [2.75, 3.05) is 7.11 Å². The number of methoxy groups -OCH3 is 1. The summed E-state index contributed by atoms with van der Waals surface area (Å²) < 4.78 is 12.2. The first-order chi connectivity index (χ1) is 18.9. The lowest BCUT2D eigenvalue weighted by Gasteiger charge is -2.64. The Morgan fingerprint density at radius 3 is 2.58 bits per heavy atom. The molecule has 0 radical (unpaired) electrons. The number of aliphatic hydroxyl groups is 1. The van der Waals surface area contributed by atoms with Crippen LogP contribution in [0.5, 0.6) is 11.5 Å². The van der Waals surface area contributed by atoms with Crippen molar-refractivity contribution in [3.8, 4) is 11.5 Å². The molecule has 6 rings (SSSR count). The second kappa shape index (κ2) is 9.23. The molecule has 7 nitrogen and oxygen atoms in total. The minimum atomic E-state index is -0.795. The van der Waals surface area contributed by atoms with Gasteiger partial charge in [-0.15, -0.1) is 0 Å². The van der Waals surface area contributed by atoms with Gasteiger partial charge in [-0.25, -0.2) is 4.79 Å². The molecular formula is C33H41NO6. The number of hydrogen-bond donors (Lipinski definition) is 2. The molecule has 2 saturated carbocycles. The van der Waals surface area contributed by atoms with Gasteiger partial charge in [-0.2, -0.15) is 0 Å². The lowest BCUT2D eigenvalue weighted by atomic mass is 9.43. The molecule has 7 heteroatoms. The number of amides is 1. The highest BCUT2D eigenvalue weighted by Gasteiger charge is 2.67. The molecule has 2 N–H and O–H groups in total. The van der Waals surface area contributed by atoms with Crippen LogP contribution >= 0.6 is 0 Å². The normalized spacial score (nSPS) is 32.7. The van der Waals surface area contributed by atoms with E-state index < -0.39 is 17.6 Å². The van der Waals surface area contributed by atoms with Gasteiger partial charge in [0.2, 0.25) is 0 Å². The lowest BCUT2D eigenvalue weighted by molar-refractivity contribution is -0.210. The molecule has 1 spiro atoms. The van der Waals surface area contributed by atoms with Crippen LogP contribution in [-0.2, 0) is 28.9 Å². The van der Waals surface area contributed by atoms with Crippen LogP contribution in [0.25, 0.3) is 0 Å². The Hall–Kier alpha value is -3.06. The number of phenols is 1. The minimum Gasteiger partial charge on any atom is -0.508 e. The molecule has 0 bridgehead atoms. The summed E-state index contributed by atoms with van der Waals surface area (Å²) in [6.45, 7) is 9.13. The number of benzene rings is 2. The number of ether oxygens (including phenoxy) is 2. The van der Waals surface area contributed by atoms with Gasteiger partial charge < -0.3 is 24.6 Å². The van der Waals surface area contributed by atoms with E-state index in [1.165, 1.54) is 7.11 Å². The monoisotopic (exact) mass is 547 g/mol. The van der Waals surface area contributed by atoms with E-state index in [2.05, 4.69) is 27.7 Å². The van der Waals surface area contributed by atoms with Crippen molar-refractivity contribution in [2.24, 2.45) is 22.7 Å². The fourth-order valence-electron chi connectivity index (χ4n) is 8.84. The van der Waals surface area contributed by atoms with Crippen LogP contribution in [0.15, 0.2) is 36.4 Å². The van der Waals surface area contributed by atoms with Crippen molar-refractivity contribution in [1.29, 1.82) is 0 Å². The van der Waals surface area contributed by atoms with Gasteiger partial charge in [-0.1, -0.05) is 58.0 Å². The number of aliphatic hydroxyl groups excluding tert-OH is 1. The van der Waals surface area contributed by atoms with Gasteiger partial charge in [-0.05, 0) is 54.6 Å². The molecule has 2 heterocycles. The Bertz CT molecular complexity index is 1350. The second-order valence-electron chi connectivity index (χ2n) is 13.4. The molecule has 2 aliphatic carbocycles. The number of nitrogens with zero attached hydrogens (tertiary/aromatic N) is 1. The lowest BCUT2D eigenvalue weighted by Crippen LogP contribution is -2.66. The average molecular weight is 548 g/mol. The van der Waals surface area contributed by atoms with Crippen molar-refractivity contribution in [3.63, 3.8) is 0 Å². The third kappa shape index (κ3) is 3.65. The van der Waals surface area contributed by atoms with Crippen molar-refractivity contribution in [2.45, 2.75) is 90.5 Å². The van der Waals surface area contributed by atoms with Crippen LogP contribution in [0.4, 0.5) is 0 Å². The first-order valence-electron chi connectivity index (χ1n) is 14.6. The number of fused-ring (bicyclic) bond motifs is 5. The van der Waals surface area contributed by atoms with Gasteiger partial charge in [0.05, 0.1) is 25.3 Å². The van der Waals surface area contributed by atoms with Crippen molar-refractivity contribution < 1.29 is 29.3 Å². The molecule has 4 aliphatic rings. The summed E-state index contributed by atoms with van der Waals surface area (Å²) in [6.07, 6.45) is 4.10. The SMILES string of the molecule is COC(=O)C(Cc1ccccc1)N1Cc2c(cc(O)c3c2O[C@]2(C3)[C@H](C)CC[C@H]3C(C)(C)[C@H](O)CC[C@@]32C)C1=O. The molecule has 214 valence electrons. The van der Waals surface area contributed by atoms with Gasteiger partial charge in [-0.3, -0.25) is 4.79 Å². The highest BCUT2D eigenvalue weighted by molar-refractivity contribution is 6.02. The molecule has 1 amide bonds. The van der Waals surface area contributed by atoms with E-state index in [9.17, 15) is 19.8 Å². The summed E-state index contributed by atoms with van der Waals surface area (Å²) >= 11 is 0. The van der Waals surface area contributed by atoms with Crippen molar-refractivity contribution in [3.05, 3.63) is 58.7 Å². The molecule has 2 aromatic rings. The highest BCUT2D eigenvalue weighted by Crippen LogP contribution is 2.67. The zero-order valence-electron chi connectivity index (χ0n) is 24.2. The molecular weight excluding hydrogens is 506 g/mol. The highest BCUT2D eigenvalue weighted by atomic mass is 16.5. The maximum atomic E-state index is 13.8. The maximum absolute atomic E-state index is 13.8. The van der Waals surface area contributed by atoms with E-state index in [1.807, 2.05) is 30.3 Å². The van der Waals surface area contributed by atoms with Crippen LogP contribution < -0.4 is 4.74 Å². The minimum absolute atomic E-state index is 0.0755. The quantitative estimate of drug-likeness (QED) is 0.521. The topological polar surface area (TPSA) is 96.3 Å². The Kier molecular flexibility index (Phi) is 6.26. The molecule has 1 unspecified atom stereocenters. The Morgan fingerprint density at radius 2 is 1.88 bits per heavy atom. The number of esters is 1. The van der Waals surface area contributed by atoms with E-state index in [0.717, 1.165) is 36.0 Å². The number of phenolic OH excluding ortho intramolecular Hbond substituents is 1. The smallest absolute Gasteiger partial charge is 0.328 e. The summed E-state index contributed by atoms with van der Waals surface area (Å²) in [7, 11) is 1.34. The average Bonchev–Trinajstić information content (AvgIpc) is 3.49. The Morgan fingerprint density at radius 1 is 1.15 bits per heavy atom. The predicted octanol–water partition coefficient (Wildman–Crippen LogP) is 5.04. The second-order valence-corrected chi connectivity index (χ2v) is 13.4. The molecule has 2 fully saturated rings. The van der Waals surface area contributed by atoms with Crippen LogP contribution in [0.3, 0.4) is 0 Å². The molecule has 0 saturated heterocycles. The number of carbonyl (C=O) groups excluding carboxylic acids is 2. The van der Waals surface area contributed by atoms with Crippen molar-refractivity contribution >= 4 is 11.9 Å². The predicted molar refractivity (Wildman–Crippen MR) is 150 cm³/mol. The zero-order chi connectivity index (χ0) is 28.6. The van der Waals surface area contributed by atoms with Crippen LogP contribution in [0.1, 0.15) is 80.4 Å². The van der Waals surface area contributed by atoms with E-state index in [4.69, 9.17) is 9.47 Å². The molecule has 2 aromatic carbocycles. The van der Waals surface area contributed by atoms with E-state index in [1.54, 1.807) is 11.0 Å². The summed E-state index contributed by atoms with van der Waals surface area (Å²) in [5.74, 6) is 0.404. The largest absolute Gasteiger partial charge is 0.508 e. The fraction of sp³-hybridized carbons (Fsp3) is 0.576. The fourth-order valence-corrected chi connectivity index (χ4v) is 8.84. The summed E-state index contributed by atoms with van der Waals surface area (Å²) in [4.78, 5) is 28.3. The van der Waals surface area contributed by atoms with Gasteiger partial charge in [0.15, 0.2) is 0 Å². The van der Waals surface area contributed by atoms with Crippen LogP contribution in [0.2, 0.25) is 0 Å². The van der Waals surface area contributed by atoms with Gasteiger partial charge in [0, 0.05) is 29.4 Å². The molecule has 6 atom stereocenters. The van der Waals surface area contributed by atoms with Crippen LogP contribution in [-0.4, -0.2) is 51.8 Å². The van der Waals surface area contributed by atoms with Gasteiger partial charge >= 0.3 is 5.97 Å². The number of carbonyl (C=O) groups is 2. The molecule has 0 aromatic heterocycles. The summed E-state index contributed by atoms with van der Waals surface area (Å²) in [5, 5.41) is 22.2. The zero-order valence-corrected chi connectivity index (χ0v) is 24.2. The van der Waals surface area contributed by atoms with E-state index >= 15 is 0 Å².